The van der Waals surface area contributed by atoms with Gasteiger partial charge in [-0.3, -0.25) is 0 Å². The number of carbonyl (C=O) groups is 1. The van der Waals surface area contributed by atoms with Crippen LogP contribution in [0.2, 0.25) is 0 Å². The third kappa shape index (κ3) is 4.24. The van der Waals surface area contributed by atoms with Gasteiger partial charge in [0.1, 0.15) is 0 Å². The standard InChI is InChI=1S/C18H28N4O/c19-12-15-5-3-6-16(11-15)13-20-18(23)22-10-4-7-17(22)14-21-8-1-2-9-21/h3,5-6,11,17H,1-2,4,7-10,12-14,19H2,(H,20,23)/t17-/m0/s1. The van der Waals surface area contributed by atoms with Gasteiger partial charge >= 0.3 is 6.03 Å². The van der Waals surface area contributed by atoms with E-state index in [1.165, 1.54) is 25.9 Å². The highest BCUT2D eigenvalue weighted by Crippen LogP contribution is 2.20. The predicted octanol–water partition coefficient (Wildman–Crippen LogP) is 1.92. The van der Waals surface area contributed by atoms with Crippen molar-refractivity contribution in [1.29, 1.82) is 0 Å². The van der Waals surface area contributed by atoms with E-state index < -0.39 is 0 Å². The van der Waals surface area contributed by atoms with Gasteiger partial charge < -0.3 is 20.9 Å². The van der Waals surface area contributed by atoms with Gasteiger partial charge in [-0.1, -0.05) is 24.3 Å². The summed E-state index contributed by atoms with van der Waals surface area (Å²) in [6.45, 7) is 5.41. The maximum absolute atomic E-state index is 12.5. The molecule has 3 N–H and O–H groups in total. The Hall–Kier alpha value is -1.59. The van der Waals surface area contributed by atoms with Crippen molar-refractivity contribution in [2.45, 2.75) is 44.8 Å². The average molecular weight is 316 g/mol. The summed E-state index contributed by atoms with van der Waals surface area (Å²) in [6.07, 6.45) is 4.86. The Balaban J connectivity index is 1.52. The maximum Gasteiger partial charge on any atom is 0.317 e. The normalized spacial score (nSPS) is 21.8. The smallest absolute Gasteiger partial charge is 0.317 e. The molecule has 0 radical (unpaired) electrons. The third-order valence-electron chi connectivity index (χ3n) is 4.98. The molecule has 0 spiro atoms. The topological polar surface area (TPSA) is 61.6 Å². The number of nitrogens with one attached hydrogen (secondary N) is 1. The molecule has 2 amide bonds. The quantitative estimate of drug-likeness (QED) is 0.872. The van der Waals surface area contributed by atoms with Crippen LogP contribution in [-0.4, -0.2) is 48.1 Å². The molecular weight excluding hydrogens is 288 g/mol. The monoisotopic (exact) mass is 316 g/mol. The van der Waals surface area contributed by atoms with Gasteiger partial charge in [0.2, 0.25) is 0 Å². The summed E-state index contributed by atoms with van der Waals surface area (Å²) in [6, 6.07) is 8.55. The van der Waals surface area contributed by atoms with E-state index in [-0.39, 0.29) is 6.03 Å². The Morgan fingerprint density at radius 1 is 1.17 bits per heavy atom. The van der Waals surface area contributed by atoms with Crippen LogP contribution in [0.3, 0.4) is 0 Å². The molecule has 2 aliphatic rings. The first kappa shape index (κ1) is 16.3. The van der Waals surface area contributed by atoms with Gasteiger partial charge in [-0.05, 0) is 49.9 Å². The highest BCUT2D eigenvalue weighted by atomic mass is 16.2. The summed E-state index contributed by atoms with van der Waals surface area (Å²) in [5.74, 6) is 0. The fourth-order valence-corrected chi connectivity index (χ4v) is 3.70. The number of amides is 2. The number of benzene rings is 1. The fourth-order valence-electron chi connectivity index (χ4n) is 3.70. The van der Waals surface area contributed by atoms with Gasteiger partial charge in [-0.25, -0.2) is 4.79 Å². The highest BCUT2D eigenvalue weighted by molar-refractivity contribution is 5.74. The molecule has 1 aromatic rings. The molecule has 5 nitrogen and oxygen atoms in total. The van der Waals surface area contributed by atoms with Crippen molar-refractivity contribution in [3.8, 4) is 0 Å². The van der Waals surface area contributed by atoms with Crippen molar-refractivity contribution in [2.24, 2.45) is 5.73 Å². The molecule has 0 aliphatic carbocycles. The Morgan fingerprint density at radius 2 is 1.96 bits per heavy atom. The number of nitrogens with two attached hydrogens (primary N) is 1. The van der Waals surface area contributed by atoms with Gasteiger partial charge in [0, 0.05) is 32.2 Å². The number of rotatable bonds is 5. The number of carbonyl (C=O) groups excluding carboxylic acids is 1. The zero-order valence-electron chi connectivity index (χ0n) is 13.8. The molecule has 2 heterocycles. The van der Waals surface area contributed by atoms with Crippen LogP contribution in [0.5, 0.6) is 0 Å². The first-order chi connectivity index (χ1) is 11.3. The van der Waals surface area contributed by atoms with Crippen molar-refractivity contribution in [2.75, 3.05) is 26.2 Å². The average Bonchev–Trinajstić information content (AvgIpc) is 3.25. The van der Waals surface area contributed by atoms with Gasteiger partial charge in [0.25, 0.3) is 0 Å². The zero-order valence-corrected chi connectivity index (χ0v) is 13.8. The summed E-state index contributed by atoms with van der Waals surface area (Å²) in [7, 11) is 0. The lowest BCUT2D eigenvalue weighted by molar-refractivity contribution is 0.174. The fraction of sp³-hybridized carbons (Fsp3) is 0.611. The summed E-state index contributed by atoms with van der Waals surface area (Å²) in [5, 5.41) is 3.07. The van der Waals surface area contributed by atoms with Gasteiger partial charge in [-0.15, -0.1) is 0 Å². The van der Waals surface area contributed by atoms with Gasteiger partial charge in [0.05, 0.1) is 0 Å². The lowest BCUT2D eigenvalue weighted by Crippen LogP contribution is -2.46. The molecule has 0 bridgehead atoms. The Bertz CT molecular complexity index is 528. The SMILES string of the molecule is NCc1cccc(CNC(=O)N2CCC[C@H]2CN2CCCC2)c1. The number of hydrogen-bond donors (Lipinski definition) is 2. The minimum absolute atomic E-state index is 0.0739. The van der Waals surface area contributed by atoms with Crippen molar-refractivity contribution in [1.82, 2.24) is 15.1 Å². The van der Waals surface area contributed by atoms with Gasteiger partial charge in [0.15, 0.2) is 0 Å². The van der Waals surface area contributed by atoms with Crippen molar-refractivity contribution in [3.05, 3.63) is 35.4 Å². The first-order valence-electron chi connectivity index (χ1n) is 8.81. The lowest BCUT2D eigenvalue weighted by atomic mass is 10.1. The van der Waals surface area contributed by atoms with E-state index in [0.29, 0.717) is 19.1 Å². The molecule has 2 saturated heterocycles. The van der Waals surface area contributed by atoms with Crippen LogP contribution in [0.15, 0.2) is 24.3 Å². The van der Waals surface area contributed by atoms with Crippen LogP contribution in [0, 0.1) is 0 Å². The van der Waals surface area contributed by atoms with Crippen LogP contribution >= 0.6 is 0 Å². The Kier molecular flexibility index (Phi) is 5.51. The number of urea groups is 1. The Morgan fingerprint density at radius 3 is 2.74 bits per heavy atom. The Labute approximate surface area is 138 Å². The van der Waals surface area contributed by atoms with Crippen LogP contribution in [0.4, 0.5) is 4.79 Å². The van der Waals surface area contributed by atoms with E-state index in [1.54, 1.807) is 0 Å². The molecule has 5 heteroatoms. The molecule has 0 unspecified atom stereocenters. The molecule has 0 saturated carbocycles. The summed E-state index contributed by atoms with van der Waals surface area (Å²) in [4.78, 5) is 17.1. The number of nitrogens with zero attached hydrogens (tertiary/aromatic N) is 2. The molecular formula is C18H28N4O. The van der Waals surface area contributed by atoms with Crippen molar-refractivity contribution < 1.29 is 4.79 Å². The second kappa shape index (κ2) is 7.79. The minimum Gasteiger partial charge on any atom is -0.334 e. The summed E-state index contributed by atoms with van der Waals surface area (Å²) >= 11 is 0. The van der Waals surface area contributed by atoms with Crippen LogP contribution in [0.1, 0.15) is 36.8 Å². The number of hydrogen-bond acceptors (Lipinski definition) is 3. The molecule has 0 aromatic heterocycles. The molecule has 1 aromatic carbocycles. The molecule has 2 aliphatic heterocycles. The van der Waals surface area contributed by atoms with Crippen LogP contribution in [-0.2, 0) is 13.1 Å². The molecule has 126 valence electrons. The van der Waals surface area contributed by atoms with E-state index >= 15 is 0 Å². The van der Waals surface area contributed by atoms with E-state index in [2.05, 4.69) is 16.3 Å². The van der Waals surface area contributed by atoms with E-state index in [4.69, 9.17) is 5.73 Å². The molecule has 3 rings (SSSR count). The first-order valence-corrected chi connectivity index (χ1v) is 8.81. The summed E-state index contributed by atoms with van der Waals surface area (Å²) < 4.78 is 0. The lowest BCUT2D eigenvalue weighted by Gasteiger charge is -2.28. The van der Waals surface area contributed by atoms with E-state index in [0.717, 1.165) is 37.1 Å². The number of likely N-dealkylation sites (tertiary alicyclic amines) is 2. The molecule has 23 heavy (non-hydrogen) atoms. The zero-order chi connectivity index (χ0) is 16.1. The molecule has 2 fully saturated rings. The molecule has 1 atom stereocenters. The van der Waals surface area contributed by atoms with Crippen molar-refractivity contribution in [3.63, 3.8) is 0 Å². The van der Waals surface area contributed by atoms with Gasteiger partial charge in [-0.2, -0.15) is 0 Å². The predicted molar refractivity (Wildman–Crippen MR) is 92.0 cm³/mol. The second-order valence-electron chi connectivity index (χ2n) is 6.68. The largest absolute Gasteiger partial charge is 0.334 e. The van der Waals surface area contributed by atoms with E-state index in [9.17, 15) is 4.79 Å². The minimum atomic E-state index is 0.0739. The van der Waals surface area contributed by atoms with Crippen LogP contribution < -0.4 is 11.1 Å². The highest BCUT2D eigenvalue weighted by Gasteiger charge is 2.30. The summed E-state index contributed by atoms with van der Waals surface area (Å²) in [5.41, 5.74) is 7.88. The van der Waals surface area contributed by atoms with Crippen molar-refractivity contribution >= 4 is 6.03 Å². The maximum atomic E-state index is 12.5. The second-order valence-corrected chi connectivity index (χ2v) is 6.68. The van der Waals surface area contributed by atoms with Crippen LogP contribution in [0.25, 0.3) is 0 Å². The third-order valence-corrected chi connectivity index (χ3v) is 4.98. The van der Waals surface area contributed by atoms with E-state index in [1.807, 2.05) is 23.1 Å².